The normalized spacial score (nSPS) is 11.4. The second-order valence-electron chi connectivity index (χ2n) is 10.1. The van der Waals surface area contributed by atoms with Gasteiger partial charge in [0.25, 0.3) is 0 Å². The van der Waals surface area contributed by atoms with Crippen molar-refractivity contribution in [2.45, 2.75) is 0 Å². The maximum Gasteiger partial charge on any atom is 0.182 e. The molecule has 2 heterocycles. The lowest BCUT2D eigenvalue weighted by Crippen LogP contribution is -1.95. The maximum atomic E-state index is 5.87. The summed E-state index contributed by atoms with van der Waals surface area (Å²) in [7, 11) is 0. The number of hydrogen-bond donors (Lipinski definition) is 0. The van der Waals surface area contributed by atoms with Gasteiger partial charge in [0.1, 0.15) is 5.52 Å². The van der Waals surface area contributed by atoms with Crippen LogP contribution in [0.3, 0.4) is 0 Å². The van der Waals surface area contributed by atoms with E-state index in [9.17, 15) is 0 Å². The highest BCUT2D eigenvalue weighted by Crippen LogP contribution is 2.42. The van der Waals surface area contributed by atoms with Crippen LogP contribution in [-0.2, 0) is 0 Å². The van der Waals surface area contributed by atoms with Gasteiger partial charge in [0.05, 0.1) is 11.2 Å². The Labute approximate surface area is 236 Å². The summed E-state index contributed by atoms with van der Waals surface area (Å²) in [6.45, 7) is 0. The predicted molar refractivity (Wildman–Crippen MR) is 166 cm³/mol. The van der Waals surface area contributed by atoms with Gasteiger partial charge in [-0.05, 0) is 45.7 Å². The molecule has 2 aromatic heterocycles. The molecular weight excluding hydrogens is 502 g/mol. The molecule has 4 nitrogen and oxygen atoms in total. The molecule has 0 fully saturated rings. The standard InChI is InChI=1S/C37H23N3O/c1-2-11-25(12-3-1)37-39-32-18-7-6-16-31(32)35(40-37)27-14-8-13-26(22-27)34-28-15-5-4-10-24(28)20-21-29(34)30-17-9-19-33-36(30)41-23-38-33/h1-23H. The van der Waals surface area contributed by atoms with E-state index in [1.807, 2.05) is 42.5 Å². The molecule has 4 heteroatoms. The van der Waals surface area contributed by atoms with Crippen molar-refractivity contribution < 1.29 is 4.42 Å². The molecule has 0 spiro atoms. The van der Waals surface area contributed by atoms with Gasteiger partial charge in [-0.15, -0.1) is 0 Å². The summed E-state index contributed by atoms with van der Waals surface area (Å²) in [5.74, 6) is 0.715. The lowest BCUT2D eigenvalue weighted by atomic mass is 9.88. The van der Waals surface area contributed by atoms with Gasteiger partial charge in [0.15, 0.2) is 17.8 Å². The Kier molecular flexibility index (Phi) is 5.42. The minimum absolute atomic E-state index is 0.715. The minimum Gasteiger partial charge on any atom is -0.443 e. The fourth-order valence-electron chi connectivity index (χ4n) is 5.74. The summed E-state index contributed by atoms with van der Waals surface area (Å²) in [5, 5.41) is 3.38. The number of oxazole rings is 1. The number of benzene rings is 6. The molecule has 6 aromatic carbocycles. The first-order valence-corrected chi connectivity index (χ1v) is 13.6. The van der Waals surface area contributed by atoms with Crippen molar-refractivity contribution in [2.24, 2.45) is 0 Å². The number of rotatable bonds is 4. The van der Waals surface area contributed by atoms with Crippen LogP contribution in [0, 0.1) is 0 Å². The third-order valence-electron chi connectivity index (χ3n) is 7.64. The van der Waals surface area contributed by atoms with Crippen LogP contribution in [0.1, 0.15) is 0 Å². The molecule has 192 valence electrons. The van der Waals surface area contributed by atoms with Crippen molar-refractivity contribution in [2.75, 3.05) is 0 Å². The third kappa shape index (κ3) is 3.97. The van der Waals surface area contributed by atoms with Crippen molar-refractivity contribution in [3.8, 4) is 44.9 Å². The van der Waals surface area contributed by atoms with E-state index < -0.39 is 0 Å². The summed E-state index contributed by atoms with van der Waals surface area (Å²) < 4.78 is 5.87. The minimum atomic E-state index is 0.715. The van der Waals surface area contributed by atoms with Crippen LogP contribution in [0.25, 0.3) is 77.7 Å². The second-order valence-corrected chi connectivity index (χ2v) is 10.1. The number of aromatic nitrogens is 3. The molecule has 0 unspecified atom stereocenters. The molecule has 0 radical (unpaired) electrons. The van der Waals surface area contributed by atoms with Crippen LogP contribution < -0.4 is 0 Å². The molecule has 0 amide bonds. The topological polar surface area (TPSA) is 51.8 Å². The van der Waals surface area contributed by atoms with E-state index in [4.69, 9.17) is 14.4 Å². The average molecular weight is 526 g/mol. The molecule has 0 N–H and O–H groups in total. The molecule has 0 saturated heterocycles. The SMILES string of the molecule is c1ccc(-c2nc(-c3cccc(-c4c(-c5cccc6ncoc56)ccc5ccccc45)c3)c3ccccc3n2)cc1. The molecule has 8 aromatic rings. The van der Waals surface area contributed by atoms with Crippen molar-refractivity contribution in [1.29, 1.82) is 0 Å². The fourth-order valence-corrected chi connectivity index (χ4v) is 5.74. The molecule has 0 saturated carbocycles. The lowest BCUT2D eigenvalue weighted by Gasteiger charge is -2.16. The van der Waals surface area contributed by atoms with Gasteiger partial charge in [-0.3, -0.25) is 0 Å². The van der Waals surface area contributed by atoms with Crippen LogP contribution in [0.15, 0.2) is 144 Å². The summed E-state index contributed by atoms with van der Waals surface area (Å²) in [4.78, 5) is 14.4. The Bertz CT molecular complexity index is 2220. The zero-order chi connectivity index (χ0) is 27.2. The summed E-state index contributed by atoms with van der Waals surface area (Å²) >= 11 is 0. The average Bonchev–Trinajstić information content (AvgIpc) is 3.54. The van der Waals surface area contributed by atoms with Crippen molar-refractivity contribution in [3.05, 3.63) is 140 Å². The number of nitrogens with zero attached hydrogens (tertiary/aromatic N) is 3. The van der Waals surface area contributed by atoms with Gasteiger partial charge in [0, 0.05) is 22.1 Å². The molecule has 0 aliphatic carbocycles. The summed E-state index contributed by atoms with van der Waals surface area (Å²) in [6.07, 6.45) is 1.51. The third-order valence-corrected chi connectivity index (χ3v) is 7.64. The van der Waals surface area contributed by atoms with Crippen LogP contribution in [0.2, 0.25) is 0 Å². The van der Waals surface area contributed by atoms with E-state index >= 15 is 0 Å². The van der Waals surface area contributed by atoms with Gasteiger partial charge < -0.3 is 4.42 Å². The monoisotopic (exact) mass is 525 g/mol. The molecule has 0 aliphatic rings. The van der Waals surface area contributed by atoms with Crippen molar-refractivity contribution >= 4 is 32.8 Å². The maximum absolute atomic E-state index is 5.87. The largest absolute Gasteiger partial charge is 0.443 e. The highest BCUT2D eigenvalue weighted by atomic mass is 16.3. The first-order chi connectivity index (χ1) is 20.3. The second kappa shape index (κ2) is 9.54. The van der Waals surface area contributed by atoms with E-state index in [1.54, 1.807) is 0 Å². The Morgan fingerprint density at radius 3 is 2.15 bits per heavy atom. The van der Waals surface area contributed by atoms with E-state index in [2.05, 4.69) is 96.0 Å². The van der Waals surface area contributed by atoms with E-state index in [0.717, 1.165) is 61.1 Å². The van der Waals surface area contributed by atoms with Gasteiger partial charge in [-0.1, -0.05) is 115 Å². The molecule has 41 heavy (non-hydrogen) atoms. The van der Waals surface area contributed by atoms with Crippen LogP contribution in [-0.4, -0.2) is 15.0 Å². The van der Waals surface area contributed by atoms with Crippen molar-refractivity contribution in [1.82, 2.24) is 15.0 Å². The molecular formula is C37H23N3O. The highest BCUT2D eigenvalue weighted by molar-refractivity contribution is 6.07. The lowest BCUT2D eigenvalue weighted by molar-refractivity contribution is 0.603. The van der Waals surface area contributed by atoms with Gasteiger partial charge in [0.2, 0.25) is 0 Å². The Morgan fingerprint density at radius 2 is 1.22 bits per heavy atom. The Morgan fingerprint density at radius 1 is 0.488 bits per heavy atom. The van der Waals surface area contributed by atoms with E-state index in [1.165, 1.54) is 17.2 Å². The van der Waals surface area contributed by atoms with E-state index in [-0.39, 0.29) is 0 Å². The molecule has 8 rings (SSSR count). The first kappa shape index (κ1) is 23.3. The van der Waals surface area contributed by atoms with Crippen LogP contribution >= 0.6 is 0 Å². The smallest absolute Gasteiger partial charge is 0.182 e. The quantitative estimate of drug-likeness (QED) is 0.230. The van der Waals surface area contributed by atoms with Crippen LogP contribution in [0.4, 0.5) is 0 Å². The Balaban J connectivity index is 1.39. The summed E-state index contributed by atoms with van der Waals surface area (Å²) in [6, 6.07) is 46.1. The Hall–Kier alpha value is -5.61. The van der Waals surface area contributed by atoms with Crippen molar-refractivity contribution in [3.63, 3.8) is 0 Å². The predicted octanol–water partition coefficient (Wildman–Crippen LogP) is 9.59. The number of para-hydroxylation sites is 2. The summed E-state index contributed by atoms with van der Waals surface area (Å²) in [5.41, 5.74) is 9.86. The fraction of sp³-hybridized carbons (Fsp3) is 0. The van der Waals surface area contributed by atoms with Gasteiger partial charge >= 0.3 is 0 Å². The molecule has 0 atom stereocenters. The highest BCUT2D eigenvalue weighted by Gasteiger charge is 2.18. The molecule has 0 aliphatic heterocycles. The molecule has 0 bridgehead atoms. The van der Waals surface area contributed by atoms with Crippen LogP contribution in [0.5, 0.6) is 0 Å². The number of fused-ring (bicyclic) bond motifs is 3. The van der Waals surface area contributed by atoms with E-state index in [0.29, 0.717) is 5.82 Å². The van der Waals surface area contributed by atoms with Gasteiger partial charge in [-0.2, -0.15) is 0 Å². The van der Waals surface area contributed by atoms with Gasteiger partial charge in [-0.25, -0.2) is 15.0 Å². The first-order valence-electron chi connectivity index (χ1n) is 13.6. The zero-order valence-corrected chi connectivity index (χ0v) is 22.0. The zero-order valence-electron chi connectivity index (χ0n) is 22.0. The number of hydrogen-bond acceptors (Lipinski definition) is 4.